The minimum Gasteiger partial charge on any atom is -0.377 e. The Morgan fingerprint density at radius 3 is 2.70 bits per heavy atom. The fourth-order valence-corrected chi connectivity index (χ4v) is 2.82. The average Bonchev–Trinajstić information content (AvgIpc) is 2.46. The Hall–Kier alpha value is -1.39. The van der Waals surface area contributed by atoms with Gasteiger partial charge in [0, 0.05) is 5.92 Å². The largest absolute Gasteiger partial charge is 0.377 e. The van der Waals surface area contributed by atoms with E-state index in [0.717, 1.165) is 12.0 Å². The Balaban J connectivity index is 2.05. The van der Waals surface area contributed by atoms with Gasteiger partial charge in [-0.15, -0.1) is 0 Å². The van der Waals surface area contributed by atoms with Crippen molar-refractivity contribution in [3.05, 3.63) is 35.9 Å². The van der Waals surface area contributed by atoms with Crippen molar-refractivity contribution in [1.29, 1.82) is 0 Å². The summed E-state index contributed by atoms with van der Waals surface area (Å²) in [4.78, 5) is 11.6. The fraction of sp³-hybridized carbons (Fsp3) is 0.562. The molecule has 4 heteroatoms. The van der Waals surface area contributed by atoms with E-state index < -0.39 is 0 Å². The lowest BCUT2D eigenvalue weighted by Gasteiger charge is -2.39. The zero-order chi connectivity index (χ0) is 14.5. The van der Waals surface area contributed by atoms with Crippen LogP contribution in [0.4, 0.5) is 0 Å². The van der Waals surface area contributed by atoms with Gasteiger partial charge in [0.05, 0.1) is 31.3 Å². The first-order valence-corrected chi connectivity index (χ1v) is 7.20. The molecule has 1 heterocycles. The van der Waals surface area contributed by atoms with Gasteiger partial charge in [0.2, 0.25) is 5.91 Å². The summed E-state index contributed by atoms with van der Waals surface area (Å²) in [6, 6.07) is 9.96. The fourth-order valence-electron chi connectivity index (χ4n) is 2.82. The molecule has 2 N–H and O–H groups in total. The monoisotopic (exact) mass is 277 g/mol. The van der Waals surface area contributed by atoms with Crippen LogP contribution >= 0.6 is 0 Å². The minimum absolute atomic E-state index is 0.131. The lowest BCUT2D eigenvalue weighted by molar-refractivity contribution is -0.164. The van der Waals surface area contributed by atoms with Gasteiger partial charge in [-0.1, -0.05) is 44.2 Å². The van der Waals surface area contributed by atoms with Crippen molar-refractivity contribution in [2.45, 2.75) is 39.1 Å². The third-order valence-corrected chi connectivity index (χ3v) is 4.04. The third-order valence-electron chi connectivity index (χ3n) is 4.04. The molecular weight excluding hydrogens is 254 g/mol. The lowest BCUT2D eigenvalue weighted by atomic mass is 9.84. The highest BCUT2D eigenvalue weighted by molar-refractivity contribution is 5.77. The Labute approximate surface area is 120 Å². The van der Waals surface area contributed by atoms with Crippen LogP contribution in [0.5, 0.6) is 0 Å². The lowest BCUT2D eigenvalue weighted by Crippen LogP contribution is -2.50. The predicted molar refractivity (Wildman–Crippen MR) is 76.9 cm³/mol. The Bertz CT molecular complexity index is 435. The van der Waals surface area contributed by atoms with E-state index in [2.05, 4.69) is 13.8 Å². The summed E-state index contributed by atoms with van der Waals surface area (Å²) in [7, 11) is 0. The Morgan fingerprint density at radius 1 is 1.40 bits per heavy atom. The van der Waals surface area contributed by atoms with Crippen LogP contribution in [-0.2, 0) is 20.9 Å². The van der Waals surface area contributed by atoms with E-state index in [9.17, 15) is 4.79 Å². The number of carbonyl (C=O) groups is 1. The summed E-state index contributed by atoms with van der Waals surface area (Å²) in [6.07, 6.45) is 0.871. The highest BCUT2D eigenvalue weighted by Gasteiger charge is 2.40. The van der Waals surface area contributed by atoms with Crippen LogP contribution < -0.4 is 5.73 Å². The Kier molecular flexibility index (Phi) is 5.15. The number of hydrogen-bond acceptors (Lipinski definition) is 3. The van der Waals surface area contributed by atoms with Crippen molar-refractivity contribution in [1.82, 2.24) is 0 Å². The van der Waals surface area contributed by atoms with Crippen LogP contribution in [-0.4, -0.2) is 24.7 Å². The summed E-state index contributed by atoms with van der Waals surface area (Å²) in [5.41, 5.74) is 6.58. The molecule has 1 aliphatic rings. The number of ether oxygens (including phenoxy) is 2. The van der Waals surface area contributed by atoms with Gasteiger partial charge in [-0.3, -0.25) is 4.79 Å². The summed E-state index contributed by atoms with van der Waals surface area (Å²) >= 11 is 0. The number of primary amides is 1. The Morgan fingerprint density at radius 2 is 2.10 bits per heavy atom. The van der Waals surface area contributed by atoms with Gasteiger partial charge in [-0.2, -0.15) is 0 Å². The van der Waals surface area contributed by atoms with Crippen LogP contribution in [0.15, 0.2) is 30.3 Å². The number of benzene rings is 1. The molecule has 1 fully saturated rings. The molecule has 1 aromatic carbocycles. The molecule has 0 spiro atoms. The van der Waals surface area contributed by atoms with Crippen LogP contribution in [0.3, 0.4) is 0 Å². The molecule has 0 aromatic heterocycles. The second-order valence-electron chi connectivity index (χ2n) is 5.41. The second kappa shape index (κ2) is 6.86. The van der Waals surface area contributed by atoms with Crippen molar-refractivity contribution in [2.75, 3.05) is 6.61 Å². The van der Waals surface area contributed by atoms with Gasteiger partial charge < -0.3 is 15.2 Å². The maximum atomic E-state index is 11.6. The predicted octanol–water partition coefficient (Wildman–Crippen LogP) is 2.12. The van der Waals surface area contributed by atoms with Gasteiger partial charge in [0.25, 0.3) is 0 Å². The highest BCUT2D eigenvalue weighted by Crippen LogP contribution is 2.30. The first-order chi connectivity index (χ1) is 9.63. The first kappa shape index (κ1) is 15.0. The van der Waals surface area contributed by atoms with Gasteiger partial charge in [0.1, 0.15) is 0 Å². The number of carbonyl (C=O) groups excluding carboxylic acids is 1. The smallest absolute Gasteiger partial charge is 0.225 e. The molecule has 1 aromatic rings. The summed E-state index contributed by atoms with van der Waals surface area (Å²) < 4.78 is 11.7. The number of nitrogens with two attached hydrogens (primary N) is 1. The summed E-state index contributed by atoms with van der Waals surface area (Å²) in [5.74, 6) is -0.545. The topological polar surface area (TPSA) is 61.5 Å². The molecule has 0 unspecified atom stereocenters. The highest BCUT2D eigenvalue weighted by atomic mass is 16.5. The van der Waals surface area contributed by atoms with Crippen LogP contribution in [0.2, 0.25) is 0 Å². The van der Waals surface area contributed by atoms with E-state index in [0.29, 0.717) is 13.2 Å². The van der Waals surface area contributed by atoms with E-state index in [1.807, 2.05) is 30.3 Å². The molecule has 1 aliphatic heterocycles. The van der Waals surface area contributed by atoms with Crippen LogP contribution in [0, 0.1) is 11.8 Å². The van der Waals surface area contributed by atoms with Crippen LogP contribution in [0.25, 0.3) is 0 Å². The van der Waals surface area contributed by atoms with Crippen molar-refractivity contribution < 1.29 is 14.3 Å². The second-order valence-corrected chi connectivity index (χ2v) is 5.41. The van der Waals surface area contributed by atoms with Gasteiger partial charge in [0.15, 0.2) is 0 Å². The molecular formula is C16H23NO3. The molecule has 2 rings (SSSR count). The van der Waals surface area contributed by atoms with Crippen molar-refractivity contribution in [2.24, 2.45) is 17.6 Å². The third kappa shape index (κ3) is 3.38. The zero-order valence-electron chi connectivity index (χ0n) is 12.1. The molecule has 20 heavy (non-hydrogen) atoms. The van der Waals surface area contributed by atoms with Gasteiger partial charge in [-0.05, 0) is 12.0 Å². The summed E-state index contributed by atoms with van der Waals surface area (Å²) in [6.45, 7) is 5.01. The van der Waals surface area contributed by atoms with Crippen molar-refractivity contribution in [3.8, 4) is 0 Å². The maximum absolute atomic E-state index is 11.6. The zero-order valence-corrected chi connectivity index (χ0v) is 12.1. The molecule has 110 valence electrons. The average molecular weight is 277 g/mol. The van der Waals surface area contributed by atoms with E-state index in [1.54, 1.807) is 0 Å². The quantitative estimate of drug-likeness (QED) is 0.896. The molecule has 0 saturated carbocycles. The molecule has 0 aliphatic carbocycles. The van der Waals surface area contributed by atoms with Gasteiger partial charge >= 0.3 is 0 Å². The molecule has 0 bridgehead atoms. The minimum atomic E-state index is -0.364. The molecule has 1 amide bonds. The van der Waals surface area contributed by atoms with E-state index in [4.69, 9.17) is 15.2 Å². The van der Waals surface area contributed by atoms with Crippen LogP contribution in [0.1, 0.15) is 25.8 Å². The number of rotatable bonds is 5. The normalized spacial score (nSPS) is 30.1. The molecule has 1 saturated heterocycles. The number of hydrogen-bond donors (Lipinski definition) is 1. The summed E-state index contributed by atoms with van der Waals surface area (Å²) in [5, 5.41) is 0. The molecule has 4 atom stereocenters. The first-order valence-electron chi connectivity index (χ1n) is 7.20. The standard InChI is InChI=1S/C16H23NO3/c1-3-14-11(2)15(13(10-19-14)16(17)18)20-9-12-7-5-4-6-8-12/h4-8,11,13-15H,3,9-10H2,1-2H3,(H2,17,18)/t11-,13+,14+,15-/m0/s1. The van der Waals surface area contributed by atoms with E-state index >= 15 is 0 Å². The number of amides is 1. The van der Waals surface area contributed by atoms with E-state index in [-0.39, 0.29) is 30.0 Å². The maximum Gasteiger partial charge on any atom is 0.225 e. The van der Waals surface area contributed by atoms with E-state index in [1.165, 1.54) is 0 Å². The van der Waals surface area contributed by atoms with Crippen molar-refractivity contribution in [3.63, 3.8) is 0 Å². The molecule has 4 nitrogen and oxygen atoms in total. The van der Waals surface area contributed by atoms with Crippen molar-refractivity contribution >= 4 is 5.91 Å². The molecule has 0 radical (unpaired) electrons. The van der Waals surface area contributed by atoms with Gasteiger partial charge in [-0.25, -0.2) is 0 Å². The SMILES string of the molecule is CC[C@H]1OC[C@@H](C(N)=O)[C@@H](OCc2ccccc2)[C@H]1C.